The third-order valence-corrected chi connectivity index (χ3v) is 2.98. The lowest BCUT2D eigenvalue weighted by Crippen LogP contribution is -2.42. The number of hydrogen-bond donors (Lipinski definition) is 1. The van der Waals surface area contributed by atoms with Crippen LogP contribution in [0.4, 0.5) is 5.69 Å². The average molecular weight is 266 g/mol. The number of rotatable bonds is 7. The molecule has 0 aliphatic carbocycles. The molecule has 0 unspecified atom stereocenters. The Balaban J connectivity index is 2.70. The van der Waals surface area contributed by atoms with E-state index in [9.17, 15) is 4.79 Å². The first-order chi connectivity index (χ1) is 9.05. The molecule has 1 N–H and O–H groups in total. The number of nitrogens with zero attached hydrogens (tertiary/aromatic N) is 1. The van der Waals surface area contributed by atoms with Gasteiger partial charge in [-0.05, 0) is 25.8 Å². The maximum absolute atomic E-state index is 12.2. The number of amides is 1. The Morgan fingerprint density at radius 3 is 2.63 bits per heavy atom. The Hall–Kier alpha value is -1.62. The van der Waals surface area contributed by atoms with Crippen LogP contribution in [0.1, 0.15) is 33.6 Å². The molecule has 0 aliphatic heterocycles. The fourth-order valence-electron chi connectivity index (χ4n) is 1.49. The molecule has 1 rings (SSSR count). The van der Waals surface area contributed by atoms with E-state index in [0.717, 1.165) is 6.42 Å². The summed E-state index contributed by atoms with van der Waals surface area (Å²) in [4.78, 5) is 16.3. The maximum Gasteiger partial charge on any atom is 0.256 e. The van der Waals surface area contributed by atoms with Crippen LogP contribution in [0.25, 0.3) is 0 Å². The first-order valence-electron chi connectivity index (χ1n) is 6.51. The fraction of sp³-hybridized carbons (Fsp3) is 0.571. The second-order valence-electron chi connectivity index (χ2n) is 4.48. The van der Waals surface area contributed by atoms with E-state index >= 15 is 0 Å². The molecule has 5 nitrogen and oxygen atoms in total. The van der Waals surface area contributed by atoms with E-state index in [-0.39, 0.29) is 5.91 Å². The van der Waals surface area contributed by atoms with E-state index in [1.807, 2.05) is 13.8 Å². The molecule has 1 heterocycles. The van der Waals surface area contributed by atoms with Crippen LogP contribution in [-0.2, 0) is 9.53 Å². The number of nitrogens with one attached hydrogen (secondary N) is 1. The quantitative estimate of drug-likeness (QED) is 0.824. The van der Waals surface area contributed by atoms with Crippen molar-refractivity contribution in [2.24, 2.45) is 0 Å². The van der Waals surface area contributed by atoms with Gasteiger partial charge in [-0.1, -0.05) is 13.8 Å². The second kappa shape index (κ2) is 7.09. The van der Waals surface area contributed by atoms with E-state index in [0.29, 0.717) is 24.6 Å². The van der Waals surface area contributed by atoms with Crippen molar-refractivity contribution in [2.75, 3.05) is 19.0 Å². The molecule has 0 bridgehead atoms. The number of methoxy groups -OCH3 is 1. The van der Waals surface area contributed by atoms with Crippen LogP contribution in [0.5, 0.6) is 5.88 Å². The van der Waals surface area contributed by atoms with Gasteiger partial charge in [0.2, 0.25) is 5.88 Å². The number of aromatic nitrogens is 1. The first kappa shape index (κ1) is 15.4. The second-order valence-corrected chi connectivity index (χ2v) is 4.48. The van der Waals surface area contributed by atoms with Gasteiger partial charge in [-0.3, -0.25) is 4.79 Å². The lowest BCUT2D eigenvalue weighted by molar-refractivity contribution is -0.139. The number of hydrogen-bond acceptors (Lipinski definition) is 4. The summed E-state index contributed by atoms with van der Waals surface area (Å²) in [5, 5.41) is 2.81. The van der Waals surface area contributed by atoms with Crippen LogP contribution >= 0.6 is 0 Å². The number of carbonyl (C=O) groups is 1. The Bertz CT molecular complexity index is 406. The summed E-state index contributed by atoms with van der Waals surface area (Å²) in [6.07, 6.45) is 3.06. The summed E-state index contributed by atoms with van der Waals surface area (Å²) in [5.41, 5.74) is -0.179. The molecule has 19 heavy (non-hydrogen) atoms. The van der Waals surface area contributed by atoms with Crippen molar-refractivity contribution in [3.05, 3.63) is 18.3 Å². The predicted molar refractivity (Wildman–Crippen MR) is 74.4 cm³/mol. The lowest BCUT2D eigenvalue weighted by atomic mass is 10.0. The molecule has 106 valence electrons. The van der Waals surface area contributed by atoms with Crippen molar-refractivity contribution in [2.45, 2.75) is 39.2 Å². The Labute approximate surface area is 114 Å². The summed E-state index contributed by atoms with van der Waals surface area (Å²) < 4.78 is 10.6. The molecule has 0 aliphatic rings. The number of anilines is 1. The smallest absolute Gasteiger partial charge is 0.256 e. The van der Waals surface area contributed by atoms with Crippen molar-refractivity contribution in [3.63, 3.8) is 0 Å². The van der Waals surface area contributed by atoms with Crippen LogP contribution in [0.2, 0.25) is 0 Å². The molecule has 0 aromatic carbocycles. The Morgan fingerprint density at radius 1 is 1.42 bits per heavy atom. The van der Waals surface area contributed by atoms with Crippen molar-refractivity contribution in [1.82, 2.24) is 4.98 Å². The minimum Gasteiger partial charge on any atom is -0.481 e. The van der Waals surface area contributed by atoms with Crippen LogP contribution < -0.4 is 10.1 Å². The minimum atomic E-state index is -0.810. The van der Waals surface area contributed by atoms with Gasteiger partial charge < -0.3 is 14.8 Å². The maximum atomic E-state index is 12.2. The highest BCUT2D eigenvalue weighted by molar-refractivity contribution is 5.96. The third-order valence-electron chi connectivity index (χ3n) is 2.98. The Kier molecular flexibility index (Phi) is 5.76. The van der Waals surface area contributed by atoms with Crippen molar-refractivity contribution in [3.8, 4) is 5.88 Å². The predicted octanol–water partition coefficient (Wildman–Crippen LogP) is 2.62. The molecule has 0 saturated carbocycles. The van der Waals surface area contributed by atoms with Crippen molar-refractivity contribution < 1.29 is 14.3 Å². The summed E-state index contributed by atoms with van der Waals surface area (Å²) in [7, 11) is 1.55. The summed E-state index contributed by atoms with van der Waals surface area (Å²) >= 11 is 0. The van der Waals surface area contributed by atoms with Gasteiger partial charge in [-0.15, -0.1) is 0 Å². The molecule has 1 amide bonds. The topological polar surface area (TPSA) is 60.5 Å². The molecule has 0 radical (unpaired) electrons. The molecule has 0 fully saturated rings. The van der Waals surface area contributed by atoms with Gasteiger partial charge in [-0.25, -0.2) is 4.98 Å². The molecular weight excluding hydrogens is 244 g/mol. The monoisotopic (exact) mass is 266 g/mol. The zero-order chi connectivity index (χ0) is 14.3. The van der Waals surface area contributed by atoms with Crippen molar-refractivity contribution >= 4 is 11.6 Å². The van der Waals surface area contributed by atoms with E-state index in [2.05, 4.69) is 10.3 Å². The zero-order valence-corrected chi connectivity index (χ0v) is 12.0. The van der Waals surface area contributed by atoms with Crippen LogP contribution in [0, 0.1) is 0 Å². The summed E-state index contributed by atoms with van der Waals surface area (Å²) in [6.45, 7) is 6.32. The van der Waals surface area contributed by atoms with Gasteiger partial charge in [-0.2, -0.15) is 0 Å². The van der Waals surface area contributed by atoms with Crippen molar-refractivity contribution in [1.29, 1.82) is 0 Å². The Morgan fingerprint density at radius 2 is 2.16 bits per heavy atom. The summed E-state index contributed by atoms with van der Waals surface area (Å²) in [5.74, 6) is 0.355. The van der Waals surface area contributed by atoms with E-state index in [1.165, 1.54) is 0 Å². The molecule has 0 saturated heterocycles. The van der Waals surface area contributed by atoms with Crippen LogP contribution in [0.3, 0.4) is 0 Å². The first-order valence-corrected chi connectivity index (χ1v) is 6.51. The highest BCUT2D eigenvalue weighted by Crippen LogP contribution is 2.19. The largest absolute Gasteiger partial charge is 0.481 e. The van der Waals surface area contributed by atoms with Gasteiger partial charge >= 0.3 is 0 Å². The zero-order valence-electron chi connectivity index (χ0n) is 12.0. The van der Waals surface area contributed by atoms with Gasteiger partial charge in [0.25, 0.3) is 5.91 Å². The van der Waals surface area contributed by atoms with Gasteiger partial charge in [0, 0.05) is 12.7 Å². The van der Waals surface area contributed by atoms with E-state index < -0.39 is 5.60 Å². The van der Waals surface area contributed by atoms with Crippen LogP contribution in [-0.4, -0.2) is 30.2 Å². The molecule has 1 atom stereocenters. The number of carbonyl (C=O) groups excluding carboxylic acids is 1. The number of ether oxygens (including phenoxy) is 2. The fourth-order valence-corrected chi connectivity index (χ4v) is 1.49. The highest BCUT2D eigenvalue weighted by Gasteiger charge is 2.32. The lowest BCUT2D eigenvalue weighted by Gasteiger charge is -2.27. The summed E-state index contributed by atoms with van der Waals surface area (Å²) in [6, 6.07) is 3.45. The third kappa shape index (κ3) is 4.21. The number of pyridine rings is 1. The average Bonchev–Trinajstić information content (AvgIpc) is 2.45. The van der Waals surface area contributed by atoms with E-state index in [1.54, 1.807) is 32.4 Å². The SMILES string of the molecule is CCCO[C@](C)(CC)C(=O)Nc1ccc(OC)nc1. The molecule has 1 aromatic rings. The van der Waals surface area contributed by atoms with Gasteiger partial charge in [0.05, 0.1) is 19.0 Å². The molecule has 5 heteroatoms. The van der Waals surface area contributed by atoms with Crippen LogP contribution in [0.15, 0.2) is 18.3 Å². The molecule has 0 spiro atoms. The highest BCUT2D eigenvalue weighted by atomic mass is 16.5. The minimum absolute atomic E-state index is 0.157. The van der Waals surface area contributed by atoms with E-state index in [4.69, 9.17) is 9.47 Å². The molecule has 1 aromatic heterocycles. The molecular formula is C14H22N2O3. The standard InChI is InChI=1S/C14H22N2O3/c1-5-9-19-14(3,6-2)13(17)16-11-7-8-12(18-4)15-10-11/h7-8,10H,5-6,9H2,1-4H3,(H,16,17)/t14-/m1/s1. The van der Waals surface area contributed by atoms with Gasteiger partial charge in [0.15, 0.2) is 0 Å². The normalized spacial score (nSPS) is 13.7. The van der Waals surface area contributed by atoms with Gasteiger partial charge in [0.1, 0.15) is 5.60 Å².